The molecule has 2 aromatic heterocycles. The zero-order valence-electron chi connectivity index (χ0n) is 19.9. The molecule has 0 radical (unpaired) electrons. The van der Waals surface area contributed by atoms with Crippen LogP contribution >= 0.6 is 22.9 Å². The number of rotatable bonds is 6. The molecule has 4 rings (SSSR count). The fourth-order valence-corrected chi connectivity index (χ4v) is 4.51. The van der Waals surface area contributed by atoms with Gasteiger partial charge in [-0.1, -0.05) is 49.3 Å². The van der Waals surface area contributed by atoms with Gasteiger partial charge in [-0.05, 0) is 38.5 Å². The van der Waals surface area contributed by atoms with Crippen molar-refractivity contribution in [2.45, 2.75) is 34.6 Å². The SMILES string of the molecule is C=C/C(=C(Cl)\C(C)=C/C)c1cc(N2CCN(Oc3ccc4sc(C)nc4c3)CC2)on1.CC. The number of benzene rings is 1. The Bertz CT molecular complexity index is 1160. The molecule has 0 spiro atoms. The molecule has 176 valence electrons. The molecule has 1 fully saturated rings. The van der Waals surface area contributed by atoms with Crippen molar-refractivity contribution in [2.75, 3.05) is 31.1 Å². The molecule has 3 aromatic rings. The average molecular weight is 487 g/mol. The molecule has 1 aromatic carbocycles. The van der Waals surface area contributed by atoms with E-state index < -0.39 is 0 Å². The Morgan fingerprint density at radius 1 is 1.21 bits per heavy atom. The van der Waals surface area contributed by atoms with Crippen LogP contribution in [0.25, 0.3) is 15.8 Å². The first-order valence-electron chi connectivity index (χ1n) is 11.2. The van der Waals surface area contributed by atoms with Crippen molar-refractivity contribution in [3.05, 3.63) is 64.3 Å². The van der Waals surface area contributed by atoms with E-state index in [1.54, 1.807) is 17.4 Å². The number of halogens is 1. The Labute approximate surface area is 204 Å². The van der Waals surface area contributed by atoms with Gasteiger partial charge in [0.2, 0.25) is 5.88 Å². The van der Waals surface area contributed by atoms with Crippen molar-refractivity contribution < 1.29 is 9.36 Å². The molecule has 33 heavy (non-hydrogen) atoms. The number of fused-ring (bicyclic) bond motifs is 1. The van der Waals surface area contributed by atoms with Crippen LogP contribution in [0.1, 0.15) is 38.4 Å². The summed E-state index contributed by atoms with van der Waals surface area (Å²) in [4.78, 5) is 12.8. The predicted octanol–water partition coefficient (Wildman–Crippen LogP) is 6.84. The van der Waals surface area contributed by atoms with Gasteiger partial charge in [0, 0.05) is 30.8 Å². The number of anilines is 1. The predicted molar refractivity (Wildman–Crippen MR) is 139 cm³/mol. The molecule has 1 aliphatic heterocycles. The molecule has 0 amide bonds. The Morgan fingerprint density at radius 2 is 1.94 bits per heavy atom. The zero-order valence-corrected chi connectivity index (χ0v) is 21.5. The lowest BCUT2D eigenvalue weighted by Crippen LogP contribution is -2.47. The number of hydroxylamine groups is 2. The van der Waals surface area contributed by atoms with E-state index in [9.17, 15) is 0 Å². The second-order valence-corrected chi connectivity index (χ2v) is 8.94. The first-order chi connectivity index (χ1) is 16.0. The van der Waals surface area contributed by atoms with E-state index >= 15 is 0 Å². The van der Waals surface area contributed by atoms with Gasteiger partial charge in [0.25, 0.3) is 0 Å². The molecule has 0 saturated carbocycles. The van der Waals surface area contributed by atoms with Gasteiger partial charge in [0.15, 0.2) is 0 Å². The number of hydrogen-bond donors (Lipinski definition) is 0. The normalized spacial score (nSPS) is 15.7. The third-order valence-corrected chi connectivity index (χ3v) is 6.70. The van der Waals surface area contributed by atoms with Gasteiger partial charge in [0.1, 0.15) is 11.4 Å². The summed E-state index contributed by atoms with van der Waals surface area (Å²) in [6.07, 6.45) is 3.67. The van der Waals surface area contributed by atoms with Crippen LogP contribution in [0.4, 0.5) is 5.88 Å². The maximum atomic E-state index is 6.48. The number of nitrogens with zero attached hydrogens (tertiary/aromatic N) is 4. The van der Waals surface area contributed by atoms with Crippen LogP contribution in [-0.2, 0) is 0 Å². The van der Waals surface area contributed by atoms with Gasteiger partial charge < -0.3 is 14.3 Å². The third kappa shape index (κ3) is 5.85. The van der Waals surface area contributed by atoms with Crippen molar-refractivity contribution in [2.24, 2.45) is 0 Å². The van der Waals surface area contributed by atoms with Gasteiger partial charge in [-0.2, -0.15) is 0 Å². The fraction of sp³-hybridized carbons (Fsp3) is 0.360. The van der Waals surface area contributed by atoms with Crippen LogP contribution in [0, 0.1) is 6.92 Å². The Balaban J connectivity index is 0.00000149. The average Bonchev–Trinajstić information content (AvgIpc) is 3.46. The van der Waals surface area contributed by atoms with Crippen LogP contribution in [0.3, 0.4) is 0 Å². The lowest BCUT2D eigenvalue weighted by molar-refractivity contribution is -0.0622. The largest absolute Gasteiger partial charge is 0.406 e. The number of aryl methyl sites for hydroxylation is 1. The third-order valence-electron chi connectivity index (χ3n) is 5.24. The highest BCUT2D eigenvalue weighted by Gasteiger charge is 2.22. The highest BCUT2D eigenvalue weighted by molar-refractivity contribution is 7.18. The Kier molecular flexibility index (Phi) is 8.72. The van der Waals surface area contributed by atoms with Crippen molar-refractivity contribution >= 4 is 44.6 Å². The second-order valence-electron chi connectivity index (χ2n) is 7.32. The molecule has 1 aliphatic rings. The molecule has 3 heterocycles. The molecule has 6 nitrogen and oxygen atoms in total. The number of piperazine rings is 1. The van der Waals surface area contributed by atoms with E-state index in [1.807, 2.05) is 64.0 Å². The summed E-state index contributed by atoms with van der Waals surface area (Å²) in [5.74, 6) is 1.53. The van der Waals surface area contributed by atoms with E-state index in [0.29, 0.717) is 10.7 Å². The molecule has 0 unspecified atom stereocenters. The van der Waals surface area contributed by atoms with Gasteiger partial charge >= 0.3 is 0 Å². The molecular weight excluding hydrogens is 456 g/mol. The van der Waals surface area contributed by atoms with Gasteiger partial charge in [-0.25, -0.2) is 4.98 Å². The summed E-state index contributed by atoms with van der Waals surface area (Å²) in [5, 5.41) is 7.86. The summed E-state index contributed by atoms with van der Waals surface area (Å²) in [5.41, 5.74) is 3.40. The van der Waals surface area contributed by atoms with E-state index in [1.165, 1.54) is 4.70 Å². The molecule has 0 bridgehead atoms. The first-order valence-corrected chi connectivity index (χ1v) is 12.4. The molecular formula is C25H31ClN4O2S. The maximum absolute atomic E-state index is 6.48. The molecule has 1 saturated heterocycles. The summed E-state index contributed by atoms with van der Waals surface area (Å²) in [6, 6.07) is 7.96. The van der Waals surface area contributed by atoms with Crippen LogP contribution in [0.15, 0.2) is 58.1 Å². The number of thiazole rings is 1. The van der Waals surface area contributed by atoms with Gasteiger partial charge in [0.05, 0.1) is 33.3 Å². The standard InChI is InChI=1S/C23H25ClN4O2S.C2H6/c1-5-15(3)23(24)18(6-2)19-14-22(29-26-19)27-9-11-28(12-10-27)30-17-7-8-21-20(13-17)25-16(4)31-21;1-2/h5-8,13-14H,2,9-12H2,1,3-4H3;1-2H3/b15-5-,23-18-;. The van der Waals surface area contributed by atoms with E-state index in [2.05, 4.69) is 27.7 Å². The zero-order chi connectivity index (χ0) is 24.0. The number of allylic oxidation sites excluding steroid dienone is 5. The second kappa shape index (κ2) is 11.5. The Morgan fingerprint density at radius 3 is 2.61 bits per heavy atom. The van der Waals surface area contributed by atoms with Crippen molar-refractivity contribution in [3.8, 4) is 5.75 Å². The molecule has 0 N–H and O–H groups in total. The minimum Gasteiger partial charge on any atom is -0.406 e. The summed E-state index contributed by atoms with van der Waals surface area (Å²) >= 11 is 8.17. The monoisotopic (exact) mass is 486 g/mol. The quantitative estimate of drug-likeness (QED) is 0.355. The summed E-state index contributed by atoms with van der Waals surface area (Å²) < 4.78 is 6.78. The van der Waals surface area contributed by atoms with Crippen molar-refractivity contribution in [1.29, 1.82) is 0 Å². The van der Waals surface area contributed by atoms with Crippen LogP contribution in [-0.4, -0.2) is 41.4 Å². The van der Waals surface area contributed by atoms with Gasteiger partial charge in [-0.15, -0.1) is 16.4 Å². The van der Waals surface area contributed by atoms with Crippen molar-refractivity contribution in [1.82, 2.24) is 15.2 Å². The van der Waals surface area contributed by atoms with Gasteiger partial charge in [-0.3, -0.25) is 0 Å². The number of aromatic nitrogens is 2. The van der Waals surface area contributed by atoms with Crippen LogP contribution < -0.4 is 9.74 Å². The molecule has 8 heteroatoms. The Hall–Kier alpha value is -2.61. The van der Waals surface area contributed by atoms with Crippen LogP contribution in [0.2, 0.25) is 0 Å². The fourth-order valence-electron chi connectivity index (χ4n) is 3.42. The lowest BCUT2D eigenvalue weighted by Gasteiger charge is -2.33. The van der Waals surface area contributed by atoms with E-state index in [0.717, 1.165) is 59.5 Å². The lowest BCUT2D eigenvalue weighted by atomic mass is 10.1. The molecule has 0 atom stereocenters. The summed E-state index contributed by atoms with van der Waals surface area (Å²) in [6.45, 7) is 16.8. The minimum atomic E-state index is 0.628. The minimum absolute atomic E-state index is 0.628. The number of hydrogen-bond acceptors (Lipinski definition) is 7. The maximum Gasteiger partial charge on any atom is 0.227 e. The van der Waals surface area contributed by atoms with Crippen LogP contribution in [0.5, 0.6) is 5.75 Å². The van der Waals surface area contributed by atoms with Crippen molar-refractivity contribution in [3.63, 3.8) is 0 Å². The highest BCUT2D eigenvalue weighted by Crippen LogP contribution is 2.30. The van der Waals surface area contributed by atoms with E-state index in [4.69, 9.17) is 21.0 Å². The molecule has 0 aliphatic carbocycles. The topological polar surface area (TPSA) is 54.6 Å². The first kappa shape index (κ1) is 25.0. The smallest absolute Gasteiger partial charge is 0.227 e. The van der Waals surface area contributed by atoms with E-state index in [-0.39, 0.29) is 0 Å². The highest BCUT2D eigenvalue weighted by atomic mass is 35.5. The summed E-state index contributed by atoms with van der Waals surface area (Å²) in [7, 11) is 0.